The molecule has 12 rings (SSSR count). The van der Waals surface area contributed by atoms with Crippen LogP contribution in [0.3, 0.4) is 0 Å². The molecule has 8 aromatic carbocycles. The smallest absolute Gasteiger partial charge is 0.0159 e. The lowest BCUT2D eigenvalue weighted by atomic mass is 9.72. The fourth-order valence-corrected chi connectivity index (χ4v) is 11.5. The zero-order valence-electron chi connectivity index (χ0n) is 37.0. The van der Waals surface area contributed by atoms with E-state index in [1.807, 2.05) is 0 Å². The molecule has 8 aromatic rings. The van der Waals surface area contributed by atoms with Gasteiger partial charge >= 0.3 is 0 Å². The van der Waals surface area contributed by atoms with Crippen LogP contribution in [0.5, 0.6) is 0 Å². The van der Waals surface area contributed by atoms with Crippen molar-refractivity contribution in [2.24, 2.45) is 5.41 Å². The summed E-state index contributed by atoms with van der Waals surface area (Å²) in [6.07, 6.45) is 7.00. The summed E-state index contributed by atoms with van der Waals surface area (Å²) in [6.45, 7) is 16.6. The third-order valence-corrected chi connectivity index (χ3v) is 15.2. The average Bonchev–Trinajstić information content (AvgIpc) is 3.66. The Labute approximate surface area is 367 Å². The van der Waals surface area contributed by atoms with Crippen LogP contribution in [0, 0.1) is 5.41 Å². The van der Waals surface area contributed by atoms with Crippen LogP contribution in [0.4, 0.5) is 0 Å². The molecule has 0 heteroatoms. The number of hydrogen-bond acceptors (Lipinski definition) is 0. The highest BCUT2D eigenvalue weighted by molar-refractivity contribution is 6.06. The van der Waals surface area contributed by atoms with E-state index in [1.165, 1.54) is 128 Å². The first-order chi connectivity index (χ1) is 29.8. The summed E-state index contributed by atoms with van der Waals surface area (Å²) in [6, 6.07) is 58.0. The molecule has 0 heterocycles. The van der Waals surface area contributed by atoms with Gasteiger partial charge in [0, 0.05) is 10.8 Å². The number of benzene rings is 8. The summed E-state index contributed by atoms with van der Waals surface area (Å²) in [5.74, 6) is 0. The molecule has 4 aliphatic carbocycles. The van der Waals surface area contributed by atoms with E-state index in [2.05, 4.69) is 212 Å². The minimum absolute atomic E-state index is 0.0139. The van der Waals surface area contributed by atoms with Crippen molar-refractivity contribution < 1.29 is 0 Å². The Balaban J connectivity index is 0.810. The van der Waals surface area contributed by atoms with E-state index in [1.54, 1.807) is 0 Å². The zero-order chi connectivity index (χ0) is 42.3. The molecule has 0 bridgehead atoms. The lowest BCUT2D eigenvalue weighted by molar-refractivity contribution is 0.498. The van der Waals surface area contributed by atoms with Crippen LogP contribution in [0.15, 0.2) is 163 Å². The Hall–Kier alpha value is -6.50. The van der Waals surface area contributed by atoms with E-state index < -0.39 is 0 Å². The van der Waals surface area contributed by atoms with Crippen LogP contribution < -0.4 is 0 Å². The van der Waals surface area contributed by atoms with Gasteiger partial charge in [-0.1, -0.05) is 200 Å². The fourth-order valence-electron chi connectivity index (χ4n) is 11.5. The lowest BCUT2D eigenvalue weighted by Crippen LogP contribution is -2.15. The third kappa shape index (κ3) is 5.45. The topological polar surface area (TPSA) is 0 Å². The highest BCUT2D eigenvalue weighted by Gasteiger charge is 2.38. The van der Waals surface area contributed by atoms with E-state index >= 15 is 0 Å². The Kier molecular flexibility index (Phi) is 7.82. The molecule has 0 atom stereocenters. The second-order valence-electron chi connectivity index (χ2n) is 20.5. The van der Waals surface area contributed by atoms with Gasteiger partial charge in [0.1, 0.15) is 0 Å². The highest BCUT2D eigenvalue weighted by Crippen LogP contribution is 2.53. The van der Waals surface area contributed by atoms with Gasteiger partial charge in [-0.15, -0.1) is 0 Å². The Morgan fingerprint density at radius 2 is 0.887 bits per heavy atom. The van der Waals surface area contributed by atoms with Gasteiger partial charge in [-0.05, 0) is 159 Å². The number of rotatable bonds is 4. The monoisotopic (exact) mass is 796 g/mol. The maximum Gasteiger partial charge on any atom is 0.0159 e. The molecule has 0 fully saturated rings. The minimum atomic E-state index is -0.112. The van der Waals surface area contributed by atoms with Gasteiger partial charge in [-0.3, -0.25) is 0 Å². The first kappa shape index (κ1) is 37.3. The van der Waals surface area contributed by atoms with Crippen LogP contribution in [0.2, 0.25) is 0 Å². The molecule has 0 N–H and O–H groups in total. The van der Waals surface area contributed by atoms with Crippen molar-refractivity contribution in [2.45, 2.75) is 72.1 Å². The van der Waals surface area contributed by atoms with E-state index in [0.717, 1.165) is 12.8 Å². The molecule has 0 aliphatic heterocycles. The average molecular weight is 797 g/mol. The zero-order valence-corrected chi connectivity index (χ0v) is 37.0. The van der Waals surface area contributed by atoms with Crippen molar-refractivity contribution in [3.63, 3.8) is 0 Å². The van der Waals surface area contributed by atoms with Crippen LogP contribution in [0.25, 0.3) is 89.2 Å². The van der Waals surface area contributed by atoms with Gasteiger partial charge in [0.2, 0.25) is 0 Å². The number of allylic oxidation sites excluding steroid dienone is 3. The normalized spacial score (nSPS) is 16.0. The fraction of sp³-hybridized carbons (Fsp3) is 0.194. The molecule has 0 aromatic heterocycles. The van der Waals surface area contributed by atoms with E-state index in [0.29, 0.717) is 0 Å². The molecule has 0 spiro atoms. The number of hydrogen-bond donors (Lipinski definition) is 0. The largest absolute Gasteiger partial charge is 0.0759 e. The highest BCUT2D eigenvalue weighted by atomic mass is 14.4. The summed E-state index contributed by atoms with van der Waals surface area (Å²) in [4.78, 5) is 0. The van der Waals surface area contributed by atoms with Crippen molar-refractivity contribution in [1.82, 2.24) is 0 Å². The second kappa shape index (κ2) is 13.0. The van der Waals surface area contributed by atoms with Crippen molar-refractivity contribution >= 4 is 22.4 Å². The summed E-state index contributed by atoms with van der Waals surface area (Å²) >= 11 is 0. The van der Waals surface area contributed by atoms with Crippen LogP contribution in [-0.4, -0.2) is 0 Å². The van der Waals surface area contributed by atoms with Gasteiger partial charge < -0.3 is 0 Å². The van der Waals surface area contributed by atoms with Crippen LogP contribution >= 0.6 is 0 Å². The Morgan fingerprint density at radius 1 is 0.435 bits per heavy atom. The molecule has 0 saturated heterocycles. The minimum Gasteiger partial charge on any atom is -0.0759 e. The maximum atomic E-state index is 2.51. The molecule has 0 nitrogen and oxygen atoms in total. The number of fused-ring (bicyclic) bond motifs is 6. The molecular formula is C62H52. The molecule has 62 heavy (non-hydrogen) atoms. The summed E-state index contributed by atoms with van der Waals surface area (Å²) in [7, 11) is 0. The Morgan fingerprint density at radius 3 is 1.47 bits per heavy atom. The third-order valence-electron chi connectivity index (χ3n) is 15.2. The molecule has 0 amide bonds. The van der Waals surface area contributed by atoms with Crippen molar-refractivity contribution in [3.05, 3.63) is 202 Å². The quantitative estimate of drug-likeness (QED) is 0.166. The molecule has 300 valence electrons. The van der Waals surface area contributed by atoms with Crippen molar-refractivity contribution in [1.29, 1.82) is 0 Å². The van der Waals surface area contributed by atoms with E-state index in [4.69, 9.17) is 0 Å². The maximum absolute atomic E-state index is 2.51. The van der Waals surface area contributed by atoms with Crippen molar-refractivity contribution in [3.8, 4) is 66.8 Å². The van der Waals surface area contributed by atoms with Crippen LogP contribution in [-0.2, 0) is 17.3 Å². The molecule has 0 saturated carbocycles. The SMILES string of the molecule is CC(C)(C)C1=Cc2ccc3ccc(-c4ccc(-c5ccc(-c6ccc7c(c6)C(C)(C)c6cc(-c8ccc9c(c8)C(C)(C)c8ccccc8-9)ccc6-7)cc5)cc4)c4c3c2C(=CC4)C1. The summed E-state index contributed by atoms with van der Waals surface area (Å²) < 4.78 is 0. The van der Waals surface area contributed by atoms with E-state index in [9.17, 15) is 0 Å². The van der Waals surface area contributed by atoms with Gasteiger partial charge in [0.05, 0.1) is 0 Å². The van der Waals surface area contributed by atoms with Gasteiger partial charge in [0.25, 0.3) is 0 Å². The van der Waals surface area contributed by atoms with Crippen LogP contribution in [0.1, 0.15) is 93.8 Å². The lowest BCUT2D eigenvalue weighted by Gasteiger charge is -2.32. The van der Waals surface area contributed by atoms with Gasteiger partial charge in [-0.25, -0.2) is 0 Å². The standard InChI is InChI=1S/C62H52/c1-60(2,3)47-32-45-21-20-41-22-27-48(53-31-26-46(33-47)58(45)59(41)53)40-18-16-38(17-19-40)37-12-14-39(15-13-37)42-23-28-51-52-30-25-44(36-57(52)62(6,7)56(51)34-42)43-24-29-50-49-10-8-9-11-54(49)61(4,5)55(50)35-43/h8-30,32,34-36H,31,33H2,1-7H3. The molecular weight excluding hydrogens is 745 g/mol. The summed E-state index contributed by atoms with van der Waals surface area (Å²) in [5.41, 5.74) is 28.7. The Bertz CT molecular complexity index is 3280. The van der Waals surface area contributed by atoms with Gasteiger partial charge in [-0.2, -0.15) is 0 Å². The summed E-state index contributed by atoms with van der Waals surface area (Å²) in [5, 5.41) is 2.81. The molecule has 0 radical (unpaired) electrons. The van der Waals surface area contributed by atoms with E-state index in [-0.39, 0.29) is 16.2 Å². The van der Waals surface area contributed by atoms with Crippen molar-refractivity contribution in [2.75, 3.05) is 0 Å². The molecule has 4 aliphatic rings. The first-order valence-corrected chi connectivity index (χ1v) is 22.6. The first-order valence-electron chi connectivity index (χ1n) is 22.6. The predicted molar refractivity (Wildman–Crippen MR) is 265 cm³/mol. The second-order valence-corrected chi connectivity index (χ2v) is 20.5. The predicted octanol–water partition coefficient (Wildman–Crippen LogP) is 16.9. The van der Waals surface area contributed by atoms with Gasteiger partial charge in [0.15, 0.2) is 0 Å². The molecule has 0 unspecified atom stereocenters.